The quantitative estimate of drug-likeness (QED) is 0.266. The Hall–Kier alpha value is -0.680. The van der Waals surface area contributed by atoms with E-state index in [0.29, 0.717) is 23.9 Å². The fraction of sp³-hybridized carbons (Fsp3) is 0.250. The first-order valence-corrected chi connectivity index (χ1v) is 9.25. The number of hydrogen-bond acceptors (Lipinski definition) is 9. The molecule has 1 aliphatic rings. The van der Waals surface area contributed by atoms with Crippen LogP contribution in [-0.2, 0) is 16.0 Å². The summed E-state index contributed by atoms with van der Waals surface area (Å²) in [6.45, 7) is 2.88. The van der Waals surface area contributed by atoms with E-state index in [-0.39, 0.29) is 0 Å². The molecule has 0 saturated heterocycles. The van der Waals surface area contributed by atoms with Crippen molar-refractivity contribution in [1.82, 2.24) is 0 Å². The van der Waals surface area contributed by atoms with Gasteiger partial charge >= 0.3 is 0 Å². The van der Waals surface area contributed by atoms with Crippen molar-refractivity contribution in [3.63, 3.8) is 0 Å². The zero-order valence-electron chi connectivity index (χ0n) is 10.8. The summed E-state index contributed by atoms with van der Waals surface area (Å²) in [4.78, 5) is 1.79. The van der Waals surface area contributed by atoms with E-state index in [2.05, 4.69) is 9.37 Å². The Balaban J connectivity index is 2.08. The summed E-state index contributed by atoms with van der Waals surface area (Å²) in [5, 5.41) is 11.9. The van der Waals surface area contributed by atoms with Gasteiger partial charge in [0.15, 0.2) is 0 Å². The van der Waals surface area contributed by atoms with Crippen LogP contribution in [0.5, 0.6) is 11.5 Å². The van der Waals surface area contributed by atoms with Crippen molar-refractivity contribution in [2.75, 3.05) is 6.61 Å². The molecule has 112 valence electrons. The van der Waals surface area contributed by atoms with Crippen LogP contribution in [0.1, 0.15) is 12.5 Å². The third-order valence-electron chi connectivity index (χ3n) is 2.84. The minimum Gasteiger partial charge on any atom is -0.493 e. The van der Waals surface area contributed by atoms with Crippen LogP contribution in [0.2, 0.25) is 0 Å². The van der Waals surface area contributed by atoms with Crippen molar-refractivity contribution in [3.8, 4) is 21.9 Å². The maximum absolute atomic E-state index is 8.30. The lowest BCUT2D eigenvalue weighted by Gasteiger charge is -2.19. The van der Waals surface area contributed by atoms with E-state index in [1.54, 1.807) is 26.7 Å². The number of hydrogen-bond donors (Lipinski definition) is 1. The van der Waals surface area contributed by atoms with Gasteiger partial charge in [-0.2, -0.15) is 0 Å². The summed E-state index contributed by atoms with van der Waals surface area (Å²) < 4.78 is 16.7. The highest BCUT2D eigenvalue weighted by Gasteiger charge is 2.23. The predicted octanol–water partition coefficient (Wildman–Crippen LogP) is 4.93. The van der Waals surface area contributed by atoms with Gasteiger partial charge in [0, 0.05) is 17.2 Å². The molecule has 0 saturated carbocycles. The van der Waals surface area contributed by atoms with E-state index in [0.717, 1.165) is 37.6 Å². The lowest BCUT2D eigenvalue weighted by molar-refractivity contribution is -0.432. The van der Waals surface area contributed by atoms with E-state index < -0.39 is 0 Å². The van der Waals surface area contributed by atoms with Gasteiger partial charge in [0.2, 0.25) is 0 Å². The topological polar surface area (TPSA) is 57.2 Å². The third kappa shape index (κ3) is 2.95. The molecule has 1 aromatic heterocycles. The molecule has 1 N–H and O–H groups in total. The minimum absolute atomic E-state index is 0.469. The van der Waals surface area contributed by atoms with Crippen LogP contribution in [0.15, 0.2) is 17.0 Å². The van der Waals surface area contributed by atoms with Crippen LogP contribution >= 0.6 is 44.9 Å². The summed E-state index contributed by atoms with van der Waals surface area (Å²) in [5.74, 6) is 1.37. The number of ether oxygens (including phenoxy) is 2. The van der Waals surface area contributed by atoms with Crippen LogP contribution in [-0.4, -0.2) is 11.9 Å². The molecule has 5 nitrogen and oxygen atoms in total. The van der Waals surface area contributed by atoms with Gasteiger partial charge in [-0.3, -0.25) is 0 Å². The van der Waals surface area contributed by atoms with E-state index in [1.165, 1.54) is 0 Å². The van der Waals surface area contributed by atoms with Gasteiger partial charge in [-0.25, -0.2) is 5.26 Å². The molecule has 0 unspecified atom stereocenters. The maximum Gasteiger partial charge on any atom is 0.136 e. The molecule has 1 aliphatic heterocycles. The fourth-order valence-electron chi connectivity index (χ4n) is 1.98. The second-order valence-corrected chi connectivity index (χ2v) is 7.56. The maximum atomic E-state index is 8.30. The van der Waals surface area contributed by atoms with Crippen molar-refractivity contribution in [2.24, 2.45) is 0 Å². The zero-order chi connectivity index (χ0) is 14.8. The van der Waals surface area contributed by atoms with Gasteiger partial charge in [-0.1, -0.05) is 37.9 Å². The smallest absolute Gasteiger partial charge is 0.136 e. The van der Waals surface area contributed by atoms with E-state index >= 15 is 0 Å². The van der Waals surface area contributed by atoms with Crippen LogP contribution in [0.4, 0.5) is 0 Å². The first-order valence-electron chi connectivity index (χ1n) is 5.95. The van der Waals surface area contributed by atoms with Crippen molar-refractivity contribution < 1.29 is 24.1 Å². The molecule has 0 fully saturated rings. The Kier molecular flexibility index (Phi) is 4.79. The minimum atomic E-state index is 0.469. The first-order chi connectivity index (χ1) is 10.2. The Morgan fingerprint density at radius 2 is 2.29 bits per heavy atom. The standard InChI is InChI=1S/C12H10O5S4/c1-2-14-9-3-6-8(4-10(9)19-17-16-13)15-5-7-11(6)20-21-12(7)18/h3-4,13H,2,5H2,1H3. The number of benzene rings is 1. The monoisotopic (exact) mass is 362 g/mol. The fourth-order valence-corrected chi connectivity index (χ4v) is 5.31. The summed E-state index contributed by atoms with van der Waals surface area (Å²) in [7, 11) is 3.22. The lowest BCUT2D eigenvalue weighted by Crippen LogP contribution is -2.04. The second-order valence-electron chi connectivity index (χ2n) is 4.00. The molecule has 1 aromatic carbocycles. The van der Waals surface area contributed by atoms with Gasteiger partial charge in [0.25, 0.3) is 0 Å². The van der Waals surface area contributed by atoms with Crippen molar-refractivity contribution >= 4 is 44.9 Å². The van der Waals surface area contributed by atoms with Crippen LogP contribution in [0, 0.1) is 3.82 Å². The summed E-state index contributed by atoms with van der Waals surface area (Å²) >= 11 is 6.17. The predicted molar refractivity (Wildman–Crippen MR) is 84.6 cm³/mol. The molecule has 2 heterocycles. The molecular weight excluding hydrogens is 352 g/mol. The van der Waals surface area contributed by atoms with Crippen molar-refractivity contribution in [3.05, 3.63) is 21.5 Å². The Morgan fingerprint density at radius 3 is 3.05 bits per heavy atom. The van der Waals surface area contributed by atoms with Gasteiger partial charge < -0.3 is 9.47 Å². The highest BCUT2D eigenvalue weighted by Crippen LogP contribution is 2.47. The summed E-state index contributed by atoms with van der Waals surface area (Å²) in [5.41, 5.74) is 2.02. The Bertz CT molecular complexity index is 708. The Morgan fingerprint density at radius 1 is 1.43 bits per heavy atom. The SMILES string of the molecule is CCOc1cc2c(cc1SOOO)OCc1c-2ssc1=S. The van der Waals surface area contributed by atoms with Crippen LogP contribution in [0.25, 0.3) is 10.4 Å². The third-order valence-corrected chi connectivity index (χ3v) is 6.64. The molecule has 3 rings (SSSR count). The highest BCUT2D eigenvalue weighted by atomic mass is 32.9. The molecule has 2 aromatic rings. The normalized spacial score (nSPS) is 12.5. The number of rotatable bonds is 5. The van der Waals surface area contributed by atoms with Crippen molar-refractivity contribution in [2.45, 2.75) is 18.4 Å². The van der Waals surface area contributed by atoms with E-state index in [9.17, 15) is 0 Å². The van der Waals surface area contributed by atoms with E-state index in [1.807, 2.05) is 13.0 Å². The first kappa shape index (κ1) is 15.2. The van der Waals surface area contributed by atoms with Gasteiger partial charge in [-0.05, 0) is 13.0 Å². The molecule has 21 heavy (non-hydrogen) atoms. The van der Waals surface area contributed by atoms with Gasteiger partial charge in [-0.15, -0.1) is 4.33 Å². The molecule has 0 aliphatic carbocycles. The molecular formula is C12H10O5S4. The zero-order valence-corrected chi connectivity index (χ0v) is 14.0. The van der Waals surface area contributed by atoms with Crippen molar-refractivity contribution in [1.29, 1.82) is 0 Å². The summed E-state index contributed by atoms with van der Waals surface area (Å²) in [6.07, 6.45) is 0. The van der Waals surface area contributed by atoms with E-state index in [4.69, 9.17) is 26.9 Å². The second kappa shape index (κ2) is 6.61. The lowest BCUT2D eigenvalue weighted by atomic mass is 10.1. The highest BCUT2D eigenvalue weighted by molar-refractivity contribution is 7.94. The molecule has 0 radical (unpaired) electrons. The molecule has 0 amide bonds. The van der Waals surface area contributed by atoms with Gasteiger partial charge in [0.1, 0.15) is 21.9 Å². The largest absolute Gasteiger partial charge is 0.493 e. The Labute approximate surface area is 137 Å². The molecule has 0 atom stereocenters. The van der Waals surface area contributed by atoms with Crippen LogP contribution < -0.4 is 9.47 Å². The summed E-state index contributed by atoms with van der Waals surface area (Å²) in [6, 6.07) is 3.71. The average Bonchev–Trinajstić information content (AvgIpc) is 2.87. The van der Waals surface area contributed by atoms with Crippen LogP contribution in [0.3, 0.4) is 0 Å². The van der Waals surface area contributed by atoms with Gasteiger partial charge in [0.05, 0.1) is 28.4 Å². The average molecular weight is 362 g/mol. The molecule has 9 heteroatoms. The number of fused-ring (bicyclic) bond motifs is 3. The molecule has 0 bridgehead atoms. The molecule has 0 spiro atoms.